The predicted molar refractivity (Wildman–Crippen MR) is 98.8 cm³/mol. The van der Waals surface area contributed by atoms with E-state index >= 15 is 0 Å². The minimum Gasteiger partial charge on any atom is -0.868 e. The molecule has 0 spiro atoms. The van der Waals surface area contributed by atoms with Gasteiger partial charge < -0.3 is 20.3 Å². The van der Waals surface area contributed by atoms with Crippen LogP contribution < -0.4 is 20.8 Å². The number of ether oxygens (including phenoxy) is 2. The monoisotopic (exact) mass is 400 g/mol. The zero-order valence-electron chi connectivity index (χ0n) is 16.4. The van der Waals surface area contributed by atoms with E-state index in [2.05, 4.69) is 0 Å². The number of Topliss-reactive ketones (excluding diaryl/α,β-unsaturated/α-hetero) is 1. The first-order valence-corrected chi connectivity index (χ1v) is 9.09. The molecule has 1 heterocycles. The molecule has 3 rings (SSSR count). The van der Waals surface area contributed by atoms with Crippen LogP contribution in [-0.2, 0) is 9.53 Å². The highest BCUT2D eigenvalue weighted by Crippen LogP contribution is 2.49. The van der Waals surface area contributed by atoms with Gasteiger partial charge in [-0.3, -0.25) is 15.2 Å². The molecule has 1 aliphatic carbocycles. The van der Waals surface area contributed by atoms with Crippen LogP contribution >= 0.6 is 0 Å². The zero-order valence-corrected chi connectivity index (χ0v) is 16.4. The molecular weight excluding hydrogens is 378 g/mol. The van der Waals surface area contributed by atoms with Crippen LogP contribution in [0.1, 0.15) is 45.1 Å². The molecule has 4 N–H and O–H groups in total. The second-order valence-electron chi connectivity index (χ2n) is 7.79. The molecule has 1 aliphatic heterocycles. The molecule has 0 aromatic heterocycles. The first kappa shape index (κ1) is 20.5. The van der Waals surface area contributed by atoms with Crippen molar-refractivity contribution in [3.05, 3.63) is 40.5 Å². The number of hydrogen-bond donors (Lipinski definition) is 3. The van der Waals surface area contributed by atoms with Crippen LogP contribution in [0.2, 0.25) is 0 Å². The van der Waals surface area contributed by atoms with Gasteiger partial charge in [-0.1, -0.05) is 13.8 Å². The van der Waals surface area contributed by atoms with E-state index in [1.54, 1.807) is 6.92 Å². The number of allylic oxidation sites excluding steroid dienone is 3. The van der Waals surface area contributed by atoms with Gasteiger partial charge in [0, 0.05) is 18.4 Å². The third-order valence-electron chi connectivity index (χ3n) is 4.98. The lowest BCUT2D eigenvalue weighted by Gasteiger charge is -2.37. The number of benzene rings is 1. The summed E-state index contributed by atoms with van der Waals surface area (Å²) in [6.07, 6.45) is 0.697. The maximum atomic E-state index is 13.0. The van der Waals surface area contributed by atoms with E-state index in [-0.39, 0.29) is 52.2 Å². The van der Waals surface area contributed by atoms with Gasteiger partial charge in [0.2, 0.25) is 5.88 Å². The number of ketones is 1. The number of carbonyl (C=O) groups is 1. The number of hydrogen-bond acceptors (Lipinski definition) is 9. The number of carbonyl (C=O) groups excluding carboxylic acids is 1. The molecule has 1 atom stereocenters. The van der Waals surface area contributed by atoms with Crippen molar-refractivity contribution in [1.82, 2.24) is 0 Å². The molecular formula is C20H22N3O6-. The minimum absolute atomic E-state index is 0.00582. The van der Waals surface area contributed by atoms with Gasteiger partial charge in [-0.15, -0.1) is 5.23 Å². The Balaban J connectivity index is 2.26. The van der Waals surface area contributed by atoms with Gasteiger partial charge in [-0.25, -0.2) is 0 Å². The first-order chi connectivity index (χ1) is 13.6. The van der Waals surface area contributed by atoms with E-state index < -0.39 is 17.4 Å². The average molecular weight is 400 g/mol. The maximum Gasteiger partial charge on any atom is 0.205 e. The van der Waals surface area contributed by atoms with E-state index in [9.17, 15) is 25.6 Å². The van der Waals surface area contributed by atoms with Crippen molar-refractivity contribution in [2.45, 2.75) is 39.5 Å². The summed E-state index contributed by atoms with van der Waals surface area (Å²) in [5.41, 5.74) is 5.74. The molecule has 0 saturated carbocycles. The average Bonchev–Trinajstić information content (AvgIpc) is 2.61. The normalized spacial score (nSPS) is 20.7. The lowest BCUT2D eigenvalue weighted by Crippen LogP contribution is -2.33. The van der Waals surface area contributed by atoms with E-state index in [0.717, 1.165) is 0 Å². The molecule has 0 bridgehead atoms. The van der Waals surface area contributed by atoms with Crippen molar-refractivity contribution in [3.8, 4) is 17.6 Å². The number of anilines is 1. The van der Waals surface area contributed by atoms with Crippen LogP contribution in [-0.4, -0.2) is 22.8 Å². The smallest absolute Gasteiger partial charge is 0.205 e. The van der Waals surface area contributed by atoms with Crippen molar-refractivity contribution >= 4 is 11.5 Å². The van der Waals surface area contributed by atoms with Crippen LogP contribution in [0, 0.1) is 16.7 Å². The highest BCUT2D eigenvalue weighted by Gasteiger charge is 2.43. The molecule has 0 saturated heterocycles. The van der Waals surface area contributed by atoms with Crippen molar-refractivity contribution in [2.24, 2.45) is 11.1 Å². The van der Waals surface area contributed by atoms with Gasteiger partial charge in [-0.05, 0) is 35.8 Å². The molecule has 0 amide bonds. The molecule has 9 heteroatoms. The van der Waals surface area contributed by atoms with Gasteiger partial charge >= 0.3 is 0 Å². The van der Waals surface area contributed by atoms with Gasteiger partial charge in [0.15, 0.2) is 5.78 Å². The molecule has 1 unspecified atom stereocenters. The van der Waals surface area contributed by atoms with Gasteiger partial charge in [0.1, 0.15) is 23.2 Å². The van der Waals surface area contributed by atoms with Gasteiger partial charge in [0.25, 0.3) is 0 Å². The fraction of sp³-hybridized carbons (Fsp3) is 0.400. The summed E-state index contributed by atoms with van der Waals surface area (Å²) < 4.78 is 10.9. The Hall–Kier alpha value is -3.22. The third-order valence-corrected chi connectivity index (χ3v) is 4.98. The summed E-state index contributed by atoms with van der Waals surface area (Å²) in [5, 5.41) is 40.7. The SMILES string of the molecule is CCOc1cc(C2C(C#N)=C(N)OC3=C2C(=O)CC(C)(C)C3)cc(N(O)O)c1[O-]. The minimum atomic E-state index is -0.911. The Morgan fingerprint density at radius 1 is 1.41 bits per heavy atom. The molecule has 0 radical (unpaired) electrons. The third kappa shape index (κ3) is 3.60. The van der Waals surface area contributed by atoms with Crippen molar-refractivity contribution in [1.29, 1.82) is 5.26 Å². The van der Waals surface area contributed by atoms with Crippen molar-refractivity contribution in [3.63, 3.8) is 0 Å². The van der Waals surface area contributed by atoms with Crippen molar-refractivity contribution in [2.75, 3.05) is 11.8 Å². The van der Waals surface area contributed by atoms with E-state index in [0.29, 0.717) is 17.7 Å². The fourth-order valence-corrected chi connectivity index (χ4v) is 3.80. The van der Waals surface area contributed by atoms with Crippen LogP contribution in [0.25, 0.3) is 0 Å². The Kier molecular flexibility index (Phi) is 5.17. The second-order valence-corrected chi connectivity index (χ2v) is 7.79. The lowest BCUT2D eigenvalue weighted by molar-refractivity contribution is -0.270. The Morgan fingerprint density at radius 3 is 2.69 bits per heavy atom. The molecule has 2 aliphatic rings. The van der Waals surface area contributed by atoms with Crippen LogP contribution in [0.4, 0.5) is 5.69 Å². The summed E-state index contributed by atoms with van der Waals surface area (Å²) in [4.78, 5) is 13.0. The number of nitrogens with zero attached hydrogens (tertiary/aromatic N) is 2. The maximum absolute atomic E-state index is 13.0. The molecule has 29 heavy (non-hydrogen) atoms. The number of nitriles is 1. The Bertz CT molecular complexity index is 971. The molecule has 9 nitrogen and oxygen atoms in total. The molecule has 1 aromatic carbocycles. The number of rotatable bonds is 4. The van der Waals surface area contributed by atoms with Crippen molar-refractivity contribution < 1.29 is 29.8 Å². The van der Waals surface area contributed by atoms with E-state index in [4.69, 9.17) is 15.2 Å². The highest BCUT2D eigenvalue weighted by atomic mass is 16.8. The summed E-state index contributed by atoms with van der Waals surface area (Å²) in [7, 11) is 0. The van der Waals surface area contributed by atoms with Crippen LogP contribution in [0.3, 0.4) is 0 Å². The van der Waals surface area contributed by atoms with Crippen LogP contribution in [0.5, 0.6) is 11.5 Å². The number of nitrogens with two attached hydrogens (primary N) is 1. The molecule has 154 valence electrons. The zero-order chi connectivity index (χ0) is 21.5. The predicted octanol–water partition coefficient (Wildman–Crippen LogP) is 2.19. The summed E-state index contributed by atoms with van der Waals surface area (Å²) in [6.45, 7) is 5.69. The molecule has 1 aromatic rings. The van der Waals surface area contributed by atoms with E-state index in [1.165, 1.54) is 12.1 Å². The fourth-order valence-electron chi connectivity index (χ4n) is 3.80. The lowest BCUT2D eigenvalue weighted by atomic mass is 9.70. The largest absolute Gasteiger partial charge is 0.868 e. The van der Waals surface area contributed by atoms with Gasteiger partial charge in [0.05, 0.1) is 18.2 Å². The standard InChI is InChI=1S/C20H23N3O6/c1-4-28-14-6-10(5-12(18(14)25)23(26)27)16-11(9-21)19(22)29-15-8-20(2,3)7-13(24)17(15)16/h5-6,16,25-27H,4,7-8,22H2,1-3H3/p-1. The Labute approximate surface area is 167 Å². The first-order valence-electron chi connectivity index (χ1n) is 9.09. The Morgan fingerprint density at radius 2 is 2.10 bits per heavy atom. The van der Waals surface area contributed by atoms with Gasteiger partial charge in [-0.2, -0.15) is 5.26 Å². The quantitative estimate of drug-likeness (QED) is 0.646. The molecule has 0 fully saturated rings. The summed E-state index contributed by atoms with van der Waals surface area (Å²) in [5.74, 6) is -1.74. The topological polar surface area (TPSA) is 152 Å². The van der Waals surface area contributed by atoms with Crippen LogP contribution in [0.15, 0.2) is 34.9 Å². The summed E-state index contributed by atoms with van der Waals surface area (Å²) in [6, 6.07) is 4.56. The van der Waals surface area contributed by atoms with E-state index in [1.807, 2.05) is 19.9 Å². The summed E-state index contributed by atoms with van der Waals surface area (Å²) >= 11 is 0. The highest BCUT2D eigenvalue weighted by molar-refractivity contribution is 6.00. The second kappa shape index (κ2) is 7.31.